The first kappa shape index (κ1) is 16.2. The molecule has 0 spiro atoms. The summed E-state index contributed by atoms with van der Waals surface area (Å²) in [5.74, 6) is -1.01. The number of aromatic carboxylic acids is 1. The van der Waals surface area contributed by atoms with Gasteiger partial charge < -0.3 is 10.4 Å². The maximum atomic E-state index is 13.0. The number of hydrogen-bond donors (Lipinski definition) is 2. The fourth-order valence-electron chi connectivity index (χ4n) is 3.50. The highest BCUT2D eigenvalue weighted by atomic mass is 16.4. The van der Waals surface area contributed by atoms with E-state index in [1.165, 1.54) is 6.07 Å². The van der Waals surface area contributed by atoms with Gasteiger partial charge in [-0.2, -0.15) is 0 Å². The molecule has 24 heavy (non-hydrogen) atoms. The Labute approximate surface area is 140 Å². The number of anilines is 1. The van der Waals surface area contributed by atoms with Gasteiger partial charge in [-0.05, 0) is 55.2 Å². The number of carboxylic acid groups (broad SMARTS) is 1. The molecule has 0 radical (unpaired) electrons. The van der Waals surface area contributed by atoms with Gasteiger partial charge in [0.05, 0.1) is 11.0 Å². The lowest BCUT2D eigenvalue weighted by Crippen LogP contribution is -2.38. The standard InChI is InChI=1S/C19H20N2O3/c1-13-11-15(6-7-16(13)17(22)23)21-18(24)19(8-2-3-9-19)14-5-4-10-20-12-14/h4-7,10-12H,2-3,8-9H2,1H3,(H,21,24)(H,22,23). The predicted octanol–water partition coefficient (Wildman–Crippen LogP) is 3.54. The zero-order valence-electron chi connectivity index (χ0n) is 13.6. The molecule has 1 aliphatic rings. The van der Waals surface area contributed by atoms with Crippen molar-refractivity contribution in [1.82, 2.24) is 4.98 Å². The molecule has 0 bridgehead atoms. The highest BCUT2D eigenvalue weighted by Gasteiger charge is 2.42. The summed E-state index contributed by atoms with van der Waals surface area (Å²) >= 11 is 0. The molecule has 1 saturated carbocycles. The van der Waals surface area contributed by atoms with Crippen LogP contribution in [0, 0.1) is 6.92 Å². The van der Waals surface area contributed by atoms with Crippen LogP contribution in [0.15, 0.2) is 42.7 Å². The lowest BCUT2D eigenvalue weighted by atomic mass is 9.78. The van der Waals surface area contributed by atoms with E-state index < -0.39 is 11.4 Å². The number of rotatable bonds is 4. The Morgan fingerprint density at radius 1 is 1.21 bits per heavy atom. The van der Waals surface area contributed by atoms with Crippen LogP contribution in [0.4, 0.5) is 5.69 Å². The Balaban J connectivity index is 1.88. The van der Waals surface area contributed by atoms with E-state index in [2.05, 4.69) is 10.3 Å². The normalized spacial score (nSPS) is 15.9. The first-order valence-corrected chi connectivity index (χ1v) is 8.09. The minimum atomic E-state index is -0.965. The van der Waals surface area contributed by atoms with Crippen molar-refractivity contribution < 1.29 is 14.7 Å². The van der Waals surface area contributed by atoms with E-state index in [0.717, 1.165) is 31.2 Å². The molecule has 0 saturated heterocycles. The van der Waals surface area contributed by atoms with E-state index in [9.17, 15) is 9.59 Å². The van der Waals surface area contributed by atoms with E-state index in [4.69, 9.17) is 5.11 Å². The smallest absolute Gasteiger partial charge is 0.335 e. The molecule has 0 aliphatic heterocycles. The van der Waals surface area contributed by atoms with Crippen molar-refractivity contribution in [3.05, 3.63) is 59.4 Å². The van der Waals surface area contributed by atoms with Crippen molar-refractivity contribution in [3.63, 3.8) is 0 Å². The number of carboxylic acids is 1. The lowest BCUT2D eigenvalue weighted by molar-refractivity contribution is -0.121. The molecule has 1 amide bonds. The van der Waals surface area contributed by atoms with Gasteiger partial charge in [-0.25, -0.2) is 4.79 Å². The molecule has 124 valence electrons. The number of benzene rings is 1. The second-order valence-electron chi connectivity index (χ2n) is 6.32. The molecule has 3 rings (SSSR count). The third-order valence-electron chi connectivity index (χ3n) is 4.82. The van der Waals surface area contributed by atoms with Crippen molar-refractivity contribution in [1.29, 1.82) is 0 Å². The maximum absolute atomic E-state index is 13.0. The van der Waals surface area contributed by atoms with Gasteiger partial charge in [0, 0.05) is 18.1 Å². The maximum Gasteiger partial charge on any atom is 0.335 e. The molecule has 2 aromatic rings. The fraction of sp³-hybridized carbons (Fsp3) is 0.316. The molecule has 1 fully saturated rings. The summed E-state index contributed by atoms with van der Waals surface area (Å²) < 4.78 is 0. The Hall–Kier alpha value is -2.69. The summed E-state index contributed by atoms with van der Waals surface area (Å²) in [6, 6.07) is 8.68. The average molecular weight is 324 g/mol. The molecule has 1 aromatic heterocycles. The summed E-state index contributed by atoms with van der Waals surface area (Å²) in [6.07, 6.45) is 7.10. The molecule has 1 aliphatic carbocycles. The van der Waals surface area contributed by atoms with Crippen LogP contribution < -0.4 is 5.32 Å². The van der Waals surface area contributed by atoms with Gasteiger partial charge in [0.15, 0.2) is 0 Å². The molecular formula is C19H20N2O3. The molecular weight excluding hydrogens is 304 g/mol. The van der Waals surface area contributed by atoms with Gasteiger partial charge >= 0.3 is 5.97 Å². The van der Waals surface area contributed by atoms with Crippen molar-refractivity contribution in [2.75, 3.05) is 5.32 Å². The monoisotopic (exact) mass is 324 g/mol. The minimum Gasteiger partial charge on any atom is -0.478 e. The number of carbonyl (C=O) groups is 2. The number of pyridine rings is 1. The molecule has 0 unspecified atom stereocenters. The third-order valence-corrected chi connectivity index (χ3v) is 4.82. The topological polar surface area (TPSA) is 79.3 Å². The number of amides is 1. The summed E-state index contributed by atoms with van der Waals surface area (Å²) in [5.41, 5.74) is 1.89. The van der Waals surface area contributed by atoms with Crippen molar-refractivity contribution in [2.45, 2.75) is 38.0 Å². The second-order valence-corrected chi connectivity index (χ2v) is 6.32. The van der Waals surface area contributed by atoms with E-state index in [-0.39, 0.29) is 11.5 Å². The molecule has 5 nitrogen and oxygen atoms in total. The van der Waals surface area contributed by atoms with Crippen LogP contribution in [0.2, 0.25) is 0 Å². The molecule has 1 heterocycles. The van der Waals surface area contributed by atoms with Gasteiger partial charge in [0.25, 0.3) is 0 Å². The van der Waals surface area contributed by atoms with Crippen LogP contribution in [0.5, 0.6) is 0 Å². The number of carbonyl (C=O) groups excluding carboxylic acids is 1. The highest BCUT2D eigenvalue weighted by Crippen LogP contribution is 2.41. The van der Waals surface area contributed by atoms with Crippen LogP contribution in [-0.4, -0.2) is 22.0 Å². The first-order valence-electron chi connectivity index (χ1n) is 8.09. The number of aryl methyl sites for hydroxylation is 1. The largest absolute Gasteiger partial charge is 0.478 e. The van der Waals surface area contributed by atoms with Crippen LogP contribution >= 0.6 is 0 Å². The average Bonchev–Trinajstić information content (AvgIpc) is 3.06. The summed E-state index contributed by atoms with van der Waals surface area (Å²) in [5, 5.41) is 12.1. The van der Waals surface area contributed by atoms with Crippen LogP contribution in [0.1, 0.15) is 47.2 Å². The Morgan fingerprint density at radius 2 is 1.96 bits per heavy atom. The van der Waals surface area contributed by atoms with Gasteiger partial charge in [0.1, 0.15) is 0 Å². The van der Waals surface area contributed by atoms with E-state index in [1.54, 1.807) is 31.5 Å². The highest BCUT2D eigenvalue weighted by molar-refractivity contribution is 6.00. The molecule has 2 N–H and O–H groups in total. The first-order chi connectivity index (χ1) is 11.5. The Bertz CT molecular complexity index is 765. The van der Waals surface area contributed by atoms with Crippen LogP contribution in [0.25, 0.3) is 0 Å². The van der Waals surface area contributed by atoms with Gasteiger partial charge in [-0.3, -0.25) is 9.78 Å². The number of nitrogens with zero attached hydrogens (tertiary/aromatic N) is 1. The summed E-state index contributed by atoms with van der Waals surface area (Å²) in [4.78, 5) is 28.3. The van der Waals surface area contributed by atoms with Crippen LogP contribution in [-0.2, 0) is 10.2 Å². The minimum absolute atomic E-state index is 0.0459. The zero-order valence-corrected chi connectivity index (χ0v) is 13.6. The lowest BCUT2D eigenvalue weighted by Gasteiger charge is -2.28. The number of nitrogens with one attached hydrogen (secondary N) is 1. The van der Waals surface area contributed by atoms with Gasteiger partial charge in [0.2, 0.25) is 5.91 Å². The molecule has 5 heteroatoms. The fourth-order valence-corrected chi connectivity index (χ4v) is 3.50. The van der Waals surface area contributed by atoms with Crippen molar-refractivity contribution in [2.24, 2.45) is 0 Å². The molecule has 1 aromatic carbocycles. The van der Waals surface area contributed by atoms with E-state index >= 15 is 0 Å². The number of hydrogen-bond acceptors (Lipinski definition) is 3. The number of aromatic nitrogens is 1. The molecule has 0 atom stereocenters. The van der Waals surface area contributed by atoms with Crippen molar-refractivity contribution in [3.8, 4) is 0 Å². The summed E-state index contributed by atoms with van der Waals surface area (Å²) in [6.45, 7) is 1.73. The summed E-state index contributed by atoms with van der Waals surface area (Å²) in [7, 11) is 0. The van der Waals surface area contributed by atoms with Gasteiger partial charge in [-0.1, -0.05) is 18.9 Å². The Morgan fingerprint density at radius 3 is 2.54 bits per heavy atom. The Kier molecular flexibility index (Phi) is 4.34. The zero-order chi connectivity index (χ0) is 17.2. The quantitative estimate of drug-likeness (QED) is 0.901. The van der Waals surface area contributed by atoms with Crippen LogP contribution in [0.3, 0.4) is 0 Å². The van der Waals surface area contributed by atoms with Crippen molar-refractivity contribution >= 4 is 17.6 Å². The van der Waals surface area contributed by atoms with E-state index in [1.807, 2.05) is 12.1 Å². The van der Waals surface area contributed by atoms with E-state index in [0.29, 0.717) is 11.3 Å². The predicted molar refractivity (Wildman–Crippen MR) is 91.2 cm³/mol. The third kappa shape index (κ3) is 2.89. The van der Waals surface area contributed by atoms with Gasteiger partial charge in [-0.15, -0.1) is 0 Å². The second kappa shape index (κ2) is 6.43. The SMILES string of the molecule is Cc1cc(NC(=O)C2(c3cccnc3)CCCC2)ccc1C(=O)O.